The number of hydrogen-bond donors (Lipinski definition) is 0. The molecule has 1 heterocycles. The summed E-state index contributed by atoms with van der Waals surface area (Å²) >= 11 is 0. The number of nitriles is 1. The fraction of sp³-hybridized carbons (Fsp3) is 0.227. The number of carbonyl (C=O) groups excluding carboxylic acids is 2. The molecule has 1 aliphatic heterocycles. The van der Waals surface area contributed by atoms with E-state index in [9.17, 15) is 14.9 Å². The second-order valence-electron chi connectivity index (χ2n) is 6.26. The van der Waals surface area contributed by atoms with Crippen molar-refractivity contribution in [1.29, 1.82) is 5.26 Å². The SMILES string of the molecule is COc1ccc(C(=O)Oc2ccc(/C=C(\C#N)C(=O)N3CCOCC3)cc2)cc1. The maximum absolute atomic E-state index is 12.5. The number of benzene rings is 2. The Bertz CT molecular complexity index is 937. The molecule has 0 spiro atoms. The highest BCUT2D eigenvalue weighted by Gasteiger charge is 2.20. The van der Waals surface area contributed by atoms with Gasteiger partial charge in [-0.2, -0.15) is 5.26 Å². The average molecular weight is 392 g/mol. The molecular formula is C22H20N2O5. The van der Waals surface area contributed by atoms with Gasteiger partial charge in [-0.15, -0.1) is 0 Å². The Hall–Kier alpha value is -3.63. The van der Waals surface area contributed by atoms with Crippen LogP contribution < -0.4 is 9.47 Å². The van der Waals surface area contributed by atoms with Crippen LogP contribution in [0.2, 0.25) is 0 Å². The lowest BCUT2D eigenvalue weighted by molar-refractivity contribution is -0.130. The summed E-state index contributed by atoms with van der Waals surface area (Å²) in [6, 6.07) is 15.1. The highest BCUT2D eigenvalue weighted by atomic mass is 16.5. The van der Waals surface area contributed by atoms with Gasteiger partial charge in [0, 0.05) is 13.1 Å². The van der Waals surface area contributed by atoms with Crippen LogP contribution in [0.5, 0.6) is 11.5 Å². The lowest BCUT2D eigenvalue weighted by atomic mass is 10.1. The van der Waals surface area contributed by atoms with Crippen molar-refractivity contribution >= 4 is 18.0 Å². The molecule has 0 aromatic heterocycles. The van der Waals surface area contributed by atoms with Crippen molar-refractivity contribution in [2.24, 2.45) is 0 Å². The van der Waals surface area contributed by atoms with Gasteiger partial charge in [-0.05, 0) is 48.0 Å². The molecule has 2 aromatic carbocycles. The van der Waals surface area contributed by atoms with Crippen molar-refractivity contribution in [1.82, 2.24) is 4.90 Å². The number of amides is 1. The molecule has 3 rings (SSSR count). The molecule has 7 heteroatoms. The van der Waals surface area contributed by atoms with Gasteiger partial charge in [0.15, 0.2) is 0 Å². The van der Waals surface area contributed by atoms with E-state index in [0.29, 0.717) is 48.9 Å². The van der Waals surface area contributed by atoms with Crippen molar-refractivity contribution in [2.45, 2.75) is 0 Å². The molecule has 1 saturated heterocycles. The molecule has 1 aliphatic rings. The Kier molecular flexibility index (Phi) is 6.61. The summed E-state index contributed by atoms with van der Waals surface area (Å²) in [6.45, 7) is 1.88. The first-order valence-electron chi connectivity index (χ1n) is 9.06. The molecule has 0 radical (unpaired) electrons. The first-order valence-corrected chi connectivity index (χ1v) is 9.06. The number of ether oxygens (including phenoxy) is 3. The third-order valence-corrected chi connectivity index (χ3v) is 4.38. The molecule has 148 valence electrons. The minimum atomic E-state index is -0.490. The van der Waals surface area contributed by atoms with Crippen LogP contribution in [-0.2, 0) is 9.53 Å². The molecule has 7 nitrogen and oxygen atoms in total. The molecule has 2 aromatic rings. The van der Waals surface area contributed by atoms with Gasteiger partial charge in [0.05, 0.1) is 25.9 Å². The van der Waals surface area contributed by atoms with Crippen LogP contribution in [0, 0.1) is 11.3 Å². The molecule has 0 atom stereocenters. The van der Waals surface area contributed by atoms with Gasteiger partial charge in [0.2, 0.25) is 0 Å². The predicted molar refractivity (Wildman–Crippen MR) is 105 cm³/mol. The van der Waals surface area contributed by atoms with Crippen molar-refractivity contribution < 1.29 is 23.8 Å². The zero-order valence-corrected chi connectivity index (χ0v) is 16.0. The second-order valence-corrected chi connectivity index (χ2v) is 6.26. The fourth-order valence-corrected chi connectivity index (χ4v) is 2.77. The quantitative estimate of drug-likeness (QED) is 0.336. The zero-order chi connectivity index (χ0) is 20.6. The van der Waals surface area contributed by atoms with Gasteiger partial charge in [-0.1, -0.05) is 12.1 Å². The monoisotopic (exact) mass is 392 g/mol. The first kappa shape index (κ1) is 20.1. The summed E-state index contributed by atoms with van der Waals surface area (Å²) in [5.74, 6) is 0.209. The van der Waals surface area contributed by atoms with Crippen molar-refractivity contribution in [3.8, 4) is 17.6 Å². The Balaban J connectivity index is 1.66. The Morgan fingerprint density at radius 1 is 1.03 bits per heavy atom. The fourth-order valence-electron chi connectivity index (χ4n) is 2.77. The van der Waals surface area contributed by atoms with E-state index in [4.69, 9.17) is 14.2 Å². The molecule has 1 fully saturated rings. The summed E-state index contributed by atoms with van der Waals surface area (Å²) in [7, 11) is 1.55. The highest BCUT2D eigenvalue weighted by molar-refractivity contribution is 6.01. The maximum atomic E-state index is 12.5. The number of morpholine rings is 1. The van der Waals surface area contributed by atoms with E-state index in [0.717, 1.165) is 0 Å². The van der Waals surface area contributed by atoms with Gasteiger partial charge in [-0.25, -0.2) is 4.79 Å². The smallest absolute Gasteiger partial charge is 0.343 e. The summed E-state index contributed by atoms with van der Waals surface area (Å²) in [6.07, 6.45) is 1.52. The molecule has 0 aliphatic carbocycles. The van der Waals surface area contributed by atoms with Crippen LogP contribution in [0.15, 0.2) is 54.1 Å². The Morgan fingerprint density at radius 3 is 2.24 bits per heavy atom. The average Bonchev–Trinajstić information content (AvgIpc) is 2.78. The molecule has 0 N–H and O–H groups in total. The minimum Gasteiger partial charge on any atom is -0.497 e. The van der Waals surface area contributed by atoms with Crippen LogP contribution in [0.25, 0.3) is 6.08 Å². The summed E-state index contributed by atoms with van der Waals surface area (Å²) in [4.78, 5) is 26.3. The number of nitrogens with zero attached hydrogens (tertiary/aromatic N) is 2. The maximum Gasteiger partial charge on any atom is 0.343 e. The van der Waals surface area contributed by atoms with Crippen LogP contribution in [0.4, 0.5) is 0 Å². The van der Waals surface area contributed by atoms with E-state index in [1.54, 1.807) is 60.5 Å². The van der Waals surface area contributed by atoms with Gasteiger partial charge >= 0.3 is 5.97 Å². The van der Waals surface area contributed by atoms with Gasteiger partial charge in [0.25, 0.3) is 5.91 Å². The van der Waals surface area contributed by atoms with Crippen LogP contribution in [-0.4, -0.2) is 50.2 Å². The van der Waals surface area contributed by atoms with Gasteiger partial charge < -0.3 is 19.1 Å². The first-order chi connectivity index (χ1) is 14.1. The largest absolute Gasteiger partial charge is 0.497 e. The predicted octanol–water partition coefficient (Wildman–Crippen LogP) is 2.68. The number of carbonyl (C=O) groups is 2. The third-order valence-electron chi connectivity index (χ3n) is 4.38. The number of esters is 1. The van der Waals surface area contributed by atoms with Gasteiger partial charge in [0.1, 0.15) is 23.1 Å². The molecule has 0 bridgehead atoms. The number of rotatable bonds is 5. The highest BCUT2D eigenvalue weighted by Crippen LogP contribution is 2.18. The van der Waals surface area contributed by atoms with Crippen LogP contribution in [0.3, 0.4) is 0 Å². The van der Waals surface area contributed by atoms with E-state index in [-0.39, 0.29) is 11.5 Å². The topological polar surface area (TPSA) is 88.9 Å². The molecule has 1 amide bonds. The normalized spacial score (nSPS) is 14.1. The minimum absolute atomic E-state index is 0.0508. The molecular weight excluding hydrogens is 372 g/mol. The lowest BCUT2D eigenvalue weighted by Gasteiger charge is -2.26. The third kappa shape index (κ3) is 5.21. The summed E-state index contributed by atoms with van der Waals surface area (Å²) < 4.78 is 15.6. The van der Waals surface area contributed by atoms with Crippen molar-refractivity contribution in [3.63, 3.8) is 0 Å². The van der Waals surface area contributed by atoms with E-state index < -0.39 is 5.97 Å². The van der Waals surface area contributed by atoms with E-state index in [2.05, 4.69) is 0 Å². The molecule has 29 heavy (non-hydrogen) atoms. The number of methoxy groups -OCH3 is 1. The van der Waals surface area contributed by atoms with Crippen molar-refractivity contribution in [2.75, 3.05) is 33.4 Å². The lowest BCUT2D eigenvalue weighted by Crippen LogP contribution is -2.41. The van der Waals surface area contributed by atoms with Crippen LogP contribution >= 0.6 is 0 Å². The van der Waals surface area contributed by atoms with Crippen LogP contribution in [0.1, 0.15) is 15.9 Å². The second kappa shape index (κ2) is 9.53. The van der Waals surface area contributed by atoms with E-state index >= 15 is 0 Å². The van der Waals surface area contributed by atoms with E-state index in [1.807, 2.05) is 6.07 Å². The zero-order valence-electron chi connectivity index (χ0n) is 16.0. The van der Waals surface area contributed by atoms with E-state index in [1.165, 1.54) is 6.08 Å². The Labute approximate surface area is 168 Å². The molecule has 0 unspecified atom stereocenters. The number of hydrogen-bond acceptors (Lipinski definition) is 6. The Morgan fingerprint density at radius 2 is 1.66 bits per heavy atom. The van der Waals surface area contributed by atoms with Gasteiger partial charge in [-0.3, -0.25) is 4.79 Å². The standard InChI is InChI=1S/C22H20N2O5/c1-27-19-8-4-17(5-9-19)22(26)29-20-6-2-16(3-7-20)14-18(15-23)21(25)24-10-12-28-13-11-24/h2-9,14H,10-13H2,1H3/b18-14+. The molecule has 0 saturated carbocycles. The summed E-state index contributed by atoms with van der Waals surface area (Å²) in [5, 5.41) is 9.35. The summed E-state index contributed by atoms with van der Waals surface area (Å²) in [5.41, 5.74) is 1.11. The van der Waals surface area contributed by atoms with Crippen molar-refractivity contribution in [3.05, 3.63) is 65.2 Å².